The van der Waals surface area contributed by atoms with Crippen molar-refractivity contribution < 1.29 is 4.79 Å². The fraction of sp³-hybridized carbons (Fsp3) is 0.500. The number of carbonyl (C=O) groups excluding carboxylic acids is 1. The zero-order chi connectivity index (χ0) is 12.7. The number of halogens is 1. The predicted octanol–water partition coefficient (Wildman–Crippen LogP) is 1.92. The number of nitrogens with two attached hydrogens (primary N) is 1. The summed E-state index contributed by atoms with van der Waals surface area (Å²) in [6.45, 7) is 5.06. The summed E-state index contributed by atoms with van der Waals surface area (Å²) >= 11 is 0. The van der Waals surface area contributed by atoms with E-state index >= 15 is 0 Å². The molecular formula is C14H23ClN2O. The maximum Gasteiger partial charge on any atom is 0.224 e. The van der Waals surface area contributed by atoms with Gasteiger partial charge in [0, 0.05) is 19.0 Å². The molecule has 1 rings (SSSR count). The normalized spacial score (nSPS) is 11.5. The number of amides is 1. The molecule has 0 heterocycles. The molecular weight excluding hydrogens is 248 g/mol. The van der Waals surface area contributed by atoms with Crippen LogP contribution in [0.5, 0.6) is 0 Å². The van der Waals surface area contributed by atoms with Crippen molar-refractivity contribution in [1.29, 1.82) is 0 Å². The Balaban J connectivity index is 0.00000289. The molecule has 1 atom stereocenters. The van der Waals surface area contributed by atoms with Crippen LogP contribution >= 0.6 is 12.4 Å². The first kappa shape index (κ1) is 16.9. The SMILES string of the molecule is CCc1ccc(CCNC(=O)C(C)CN)cc1.Cl. The van der Waals surface area contributed by atoms with E-state index in [2.05, 4.69) is 36.5 Å². The molecule has 0 aliphatic heterocycles. The summed E-state index contributed by atoms with van der Waals surface area (Å²) in [5.74, 6) is -0.0601. The van der Waals surface area contributed by atoms with Gasteiger partial charge in [0.15, 0.2) is 0 Å². The van der Waals surface area contributed by atoms with E-state index < -0.39 is 0 Å². The van der Waals surface area contributed by atoms with Crippen molar-refractivity contribution in [3.05, 3.63) is 35.4 Å². The Morgan fingerprint density at radius 1 is 1.28 bits per heavy atom. The van der Waals surface area contributed by atoms with E-state index in [1.807, 2.05) is 6.92 Å². The van der Waals surface area contributed by atoms with Gasteiger partial charge in [0.25, 0.3) is 0 Å². The number of benzene rings is 1. The molecule has 18 heavy (non-hydrogen) atoms. The van der Waals surface area contributed by atoms with Crippen molar-refractivity contribution in [2.24, 2.45) is 11.7 Å². The third kappa shape index (κ3) is 5.52. The third-order valence-electron chi connectivity index (χ3n) is 2.95. The molecule has 1 unspecified atom stereocenters. The van der Waals surface area contributed by atoms with Crippen molar-refractivity contribution in [3.63, 3.8) is 0 Å². The molecule has 1 aromatic carbocycles. The average Bonchev–Trinajstić information content (AvgIpc) is 2.38. The van der Waals surface area contributed by atoms with Gasteiger partial charge in [0.05, 0.1) is 0 Å². The molecule has 0 saturated heterocycles. The van der Waals surface area contributed by atoms with Gasteiger partial charge < -0.3 is 11.1 Å². The summed E-state index contributed by atoms with van der Waals surface area (Å²) < 4.78 is 0. The lowest BCUT2D eigenvalue weighted by atomic mass is 10.1. The topological polar surface area (TPSA) is 55.1 Å². The largest absolute Gasteiger partial charge is 0.355 e. The molecule has 3 nitrogen and oxygen atoms in total. The second kappa shape index (κ2) is 8.95. The number of hydrogen-bond donors (Lipinski definition) is 2. The number of hydrogen-bond acceptors (Lipinski definition) is 2. The van der Waals surface area contributed by atoms with Crippen LogP contribution < -0.4 is 11.1 Å². The van der Waals surface area contributed by atoms with Gasteiger partial charge in [-0.15, -0.1) is 12.4 Å². The standard InChI is InChI=1S/C14H22N2O.ClH/c1-3-12-4-6-13(7-5-12)8-9-16-14(17)11(2)10-15;/h4-7,11H,3,8-10,15H2,1-2H3,(H,16,17);1H. The van der Waals surface area contributed by atoms with Crippen LogP contribution in [0.15, 0.2) is 24.3 Å². The number of carbonyl (C=O) groups is 1. The van der Waals surface area contributed by atoms with Crippen LogP contribution in [-0.2, 0) is 17.6 Å². The van der Waals surface area contributed by atoms with Crippen LogP contribution in [0.4, 0.5) is 0 Å². The Labute approximate surface area is 116 Å². The average molecular weight is 271 g/mol. The molecule has 1 aromatic rings. The van der Waals surface area contributed by atoms with Gasteiger partial charge in [0.1, 0.15) is 0 Å². The highest BCUT2D eigenvalue weighted by Gasteiger charge is 2.09. The maximum atomic E-state index is 11.5. The van der Waals surface area contributed by atoms with Crippen molar-refractivity contribution in [3.8, 4) is 0 Å². The molecule has 0 aromatic heterocycles. The molecule has 0 bridgehead atoms. The van der Waals surface area contributed by atoms with Gasteiger partial charge in [-0.2, -0.15) is 0 Å². The smallest absolute Gasteiger partial charge is 0.224 e. The van der Waals surface area contributed by atoms with E-state index in [0.29, 0.717) is 13.1 Å². The maximum absolute atomic E-state index is 11.5. The molecule has 0 radical (unpaired) electrons. The highest BCUT2D eigenvalue weighted by Crippen LogP contribution is 2.05. The van der Waals surface area contributed by atoms with Crippen LogP contribution in [0.1, 0.15) is 25.0 Å². The predicted molar refractivity (Wildman–Crippen MR) is 78.0 cm³/mol. The van der Waals surface area contributed by atoms with Gasteiger partial charge in [0.2, 0.25) is 5.91 Å². The highest BCUT2D eigenvalue weighted by atomic mass is 35.5. The summed E-state index contributed by atoms with van der Waals surface area (Å²) in [6, 6.07) is 8.52. The summed E-state index contributed by atoms with van der Waals surface area (Å²) in [5, 5.41) is 2.89. The first-order valence-electron chi connectivity index (χ1n) is 6.23. The summed E-state index contributed by atoms with van der Waals surface area (Å²) in [4.78, 5) is 11.5. The van der Waals surface area contributed by atoms with Crippen LogP contribution in [0, 0.1) is 5.92 Å². The molecule has 0 spiro atoms. The molecule has 0 aliphatic rings. The van der Waals surface area contributed by atoms with Crippen molar-refractivity contribution >= 4 is 18.3 Å². The molecule has 1 amide bonds. The van der Waals surface area contributed by atoms with Gasteiger partial charge in [-0.1, -0.05) is 38.1 Å². The van der Waals surface area contributed by atoms with E-state index in [4.69, 9.17) is 5.73 Å². The zero-order valence-electron chi connectivity index (χ0n) is 11.1. The monoisotopic (exact) mass is 270 g/mol. The van der Waals surface area contributed by atoms with E-state index in [1.165, 1.54) is 11.1 Å². The zero-order valence-corrected chi connectivity index (χ0v) is 11.9. The fourth-order valence-corrected chi connectivity index (χ4v) is 1.55. The first-order valence-corrected chi connectivity index (χ1v) is 6.23. The Kier molecular flexibility index (Phi) is 8.42. The van der Waals surface area contributed by atoms with Crippen LogP contribution in [0.3, 0.4) is 0 Å². The Morgan fingerprint density at radius 2 is 1.83 bits per heavy atom. The highest BCUT2D eigenvalue weighted by molar-refractivity contribution is 5.85. The van der Waals surface area contributed by atoms with Gasteiger partial charge in [-0.3, -0.25) is 4.79 Å². The molecule has 0 aliphatic carbocycles. The second-order valence-corrected chi connectivity index (χ2v) is 4.35. The fourth-order valence-electron chi connectivity index (χ4n) is 1.55. The lowest BCUT2D eigenvalue weighted by Gasteiger charge is -2.09. The Hall–Kier alpha value is -1.06. The summed E-state index contributed by atoms with van der Waals surface area (Å²) in [6.07, 6.45) is 1.93. The van der Waals surface area contributed by atoms with E-state index in [0.717, 1.165) is 12.8 Å². The second-order valence-electron chi connectivity index (χ2n) is 4.35. The summed E-state index contributed by atoms with van der Waals surface area (Å²) in [5.41, 5.74) is 8.02. The lowest BCUT2D eigenvalue weighted by Crippen LogP contribution is -2.34. The molecule has 3 N–H and O–H groups in total. The van der Waals surface area contributed by atoms with E-state index in [1.54, 1.807) is 0 Å². The molecule has 0 saturated carbocycles. The quantitative estimate of drug-likeness (QED) is 0.830. The van der Waals surface area contributed by atoms with Gasteiger partial charge in [-0.25, -0.2) is 0 Å². The number of rotatable bonds is 6. The van der Waals surface area contributed by atoms with Crippen LogP contribution in [0.2, 0.25) is 0 Å². The minimum absolute atomic E-state index is 0. The van der Waals surface area contributed by atoms with E-state index in [9.17, 15) is 4.79 Å². The minimum Gasteiger partial charge on any atom is -0.355 e. The molecule has 0 fully saturated rings. The van der Waals surface area contributed by atoms with Crippen LogP contribution in [0.25, 0.3) is 0 Å². The number of nitrogens with one attached hydrogen (secondary N) is 1. The van der Waals surface area contributed by atoms with Crippen molar-refractivity contribution in [2.75, 3.05) is 13.1 Å². The van der Waals surface area contributed by atoms with Gasteiger partial charge in [-0.05, 0) is 24.0 Å². The Bertz CT molecular complexity index is 351. The molecule has 102 valence electrons. The van der Waals surface area contributed by atoms with E-state index in [-0.39, 0.29) is 24.2 Å². The van der Waals surface area contributed by atoms with Crippen molar-refractivity contribution in [1.82, 2.24) is 5.32 Å². The van der Waals surface area contributed by atoms with Gasteiger partial charge >= 0.3 is 0 Å². The minimum atomic E-state index is -0.0996. The van der Waals surface area contributed by atoms with Crippen molar-refractivity contribution in [2.45, 2.75) is 26.7 Å². The molecule has 4 heteroatoms. The lowest BCUT2D eigenvalue weighted by molar-refractivity contribution is -0.124. The van der Waals surface area contributed by atoms with Crippen LogP contribution in [-0.4, -0.2) is 19.0 Å². The first-order chi connectivity index (χ1) is 8.17. The number of aryl methyl sites for hydroxylation is 1. The third-order valence-corrected chi connectivity index (χ3v) is 2.95. The Morgan fingerprint density at radius 3 is 2.33 bits per heavy atom. The summed E-state index contributed by atoms with van der Waals surface area (Å²) in [7, 11) is 0.